The summed E-state index contributed by atoms with van der Waals surface area (Å²) >= 11 is 3.50. The predicted octanol–water partition coefficient (Wildman–Crippen LogP) is 4.19. The van der Waals surface area contributed by atoms with Crippen LogP contribution in [-0.4, -0.2) is 15.0 Å². The van der Waals surface area contributed by atoms with Gasteiger partial charge in [-0.05, 0) is 78.3 Å². The van der Waals surface area contributed by atoms with Crippen LogP contribution in [0.15, 0.2) is 16.7 Å². The molecule has 4 aliphatic rings. The molecule has 0 saturated heterocycles. The Hall–Kier alpha value is -0.900. The molecule has 0 radical (unpaired) electrons. The van der Waals surface area contributed by atoms with Crippen LogP contribution in [0.2, 0.25) is 0 Å². The van der Waals surface area contributed by atoms with Gasteiger partial charge in [0.25, 0.3) is 0 Å². The minimum Gasteiger partial charge on any atom is -0.340 e. The average Bonchev–Trinajstić information content (AvgIpc) is 2.80. The largest absolute Gasteiger partial charge is 0.340 e. The lowest BCUT2D eigenvalue weighted by molar-refractivity contribution is -0.00887. The van der Waals surface area contributed by atoms with Crippen LogP contribution >= 0.6 is 15.9 Å². The van der Waals surface area contributed by atoms with E-state index < -0.39 is 0 Å². The second-order valence-electron chi connectivity index (χ2n) is 7.31. The van der Waals surface area contributed by atoms with Crippen molar-refractivity contribution in [3.8, 4) is 0 Å². The Labute approximate surface area is 126 Å². The van der Waals surface area contributed by atoms with Gasteiger partial charge in [0.05, 0.1) is 5.52 Å². The zero-order chi connectivity index (χ0) is 13.3. The second-order valence-corrected chi connectivity index (χ2v) is 8.22. The summed E-state index contributed by atoms with van der Waals surface area (Å²) in [5.74, 6) is 4.08. The van der Waals surface area contributed by atoms with E-state index in [0.29, 0.717) is 5.41 Å². The molecule has 4 saturated carbocycles. The average molecular weight is 332 g/mol. The maximum atomic E-state index is 4.86. The van der Waals surface area contributed by atoms with Gasteiger partial charge in [-0.3, -0.25) is 0 Å². The normalized spacial score (nSPS) is 38.8. The summed E-state index contributed by atoms with van der Waals surface area (Å²) in [5.41, 5.74) is 2.28. The summed E-state index contributed by atoms with van der Waals surface area (Å²) in [6.45, 7) is 0. The van der Waals surface area contributed by atoms with Crippen LogP contribution in [0.1, 0.15) is 44.3 Å². The van der Waals surface area contributed by atoms with E-state index in [9.17, 15) is 0 Å². The highest BCUT2D eigenvalue weighted by Crippen LogP contribution is 2.60. The SMILES string of the molecule is Brc1cnc2nc(C34CC5CC(CC(C5)C3)C4)[nH]c2c1. The van der Waals surface area contributed by atoms with Crippen molar-refractivity contribution in [2.45, 2.75) is 43.9 Å². The summed E-state index contributed by atoms with van der Waals surface area (Å²) in [7, 11) is 0. The number of pyridine rings is 1. The maximum absolute atomic E-state index is 4.86. The van der Waals surface area contributed by atoms with Gasteiger partial charge < -0.3 is 4.98 Å². The standard InChI is InChI=1S/C16H18BrN3/c17-12-4-13-14(18-8-12)20-15(19-13)16-5-9-1-10(6-16)3-11(2-9)7-16/h4,8-11H,1-3,5-7H2,(H,18,19,20). The highest BCUT2D eigenvalue weighted by atomic mass is 79.9. The molecule has 4 aliphatic carbocycles. The van der Waals surface area contributed by atoms with Crippen LogP contribution in [0, 0.1) is 17.8 Å². The molecule has 2 heterocycles. The van der Waals surface area contributed by atoms with E-state index in [1.165, 1.54) is 44.3 Å². The first-order valence-electron chi connectivity index (χ1n) is 7.72. The van der Waals surface area contributed by atoms with Gasteiger partial charge in [-0.15, -0.1) is 0 Å². The summed E-state index contributed by atoms with van der Waals surface area (Å²) in [5, 5.41) is 0. The van der Waals surface area contributed by atoms with Crippen LogP contribution in [0.25, 0.3) is 11.2 Å². The number of aromatic amines is 1. The molecule has 4 heteroatoms. The Kier molecular flexibility index (Phi) is 2.25. The third kappa shape index (κ3) is 1.57. The van der Waals surface area contributed by atoms with E-state index in [1.54, 1.807) is 0 Å². The lowest BCUT2D eigenvalue weighted by Gasteiger charge is -2.55. The minimum atomic E-state index is 0.335. The first-order chi connectivity index (χ1) is 9.70. The molecule has 1 N–H and O–H groups in total. The first-order valence-corrected chi connectivity index (χ1v) is 8.51. The van der Waals surface area contributed by atoms with Crippen LogP contribution in [-0.2, 0) is 5.41 Å². The number of aromatic nitrogens is 3. The van der Waals surface area contributed by atoms with Gasteiger partial charge in [-0.1, -0.05) is 0 Å². The van der Waals surface area contributed by atoms with Gasteiger partial charge in [0.1, 0.15) is 5.82 Å². The molecule has 4 fully saturated rings. The molecule has 0 spiro atoms. The van der Waals surface area contributed by atoms with Crippen molar-refractivity contribution in [2.75, 3.05) is 0 Å². The molecule has 4 bridgehead atoms. The Bertz CT molecular complexity index is 655. The van der Waals surface area contributed by atoms with Crippen molar-refractivity contribution < 1.29 is 0 Å². The van der Waals surface area contributed by atoms with Crippen LogP contribution in [0.3, 0.4) is 0 Å². The Morgan fingerprint density at radius 1 is 1.10 bits per heavy atom. The number of halogens is 1. The van der Waals surface area contributed by atoms with Crippen molar-refractivity contribution in [1.82, 2.24) is 15.0 Å². The molecule has 0 aliphatic heterocycles. The van der Waals surface area contributed by atoms with Crippen molar-refractivity contribution in [2.24, 2.45) is 17.8 Å². The number of hydrogen-bond acceptors (Lipinski definition) is 2. The molecule has 20 heavy (non-hydrogen) atoms. The molecule has 2 aromatic heterocycles. The highest BCUT2D eigenvalue weighted by molar-refractivity contribution is 9.10. The molecule has 2 aromatic rings. The minimum absolute atomic E-state index is 0.335. The summed E-state index contributed by atoms with van der Waals surface area (Å²) < 4.78 is 1.02. The Morgan fingerprint density at radius 3 is 2.40 bits per heavy atom. The lowest BCUT2D eigenvalue weighted by Crippen LogP contribution is -2.49. The number of imidazole rings is 1. The van der Waals surface area contributed by atoms with Crippen molar-refractivity contribution in [3.63, 3.8) is 0 Å². The van der Waals surface area contributed by atoms with Gasteiger partial charge in [0.15, 0.2) is 5.65 Å². The van der Waals surface area contributed by atoms with Gasteiger partial charge in [-0.25, -0.2) is 9.97 Å². The molecule has 3 nitrogen and oxygen atoms in total. The smallest absolute Gasteiger partial charge is 0.177 e. The van der Waals surface area contributed by atoms with Crippen LogP contribution < -0.4 is 0 Å². The maximum Gasteiger partial charge on any atom is 0.177 e. The van der Waals surface area contributed by atoms with Gasteiger partial charge in [0, 0.05) is 16.1 Å². The second kappa shape index (κ2) is 3.85. The van der Waals surface area contributed by atoms with E-state index in [4.69, 9.17) is 4.98 Å². The van der Waals surface area contributed by atoms with Crippen molar-refractivity contribution >= 4 is 27.1 Å². The van der Waals surface area contributed by atoms with Gasteiger partial charge in [-0.2, -0.15) is 0 Å². The van der Waals surface area contributed by atoms with E-state index >= 15 is 0 Å². The van der Waals surface area contributed by atoms with E-state index in [1.807, 2.05) is 6.20 Å². The highest BCUT2D eigenvalue weighted by Gasteiger charge is 2.53. The number of rotatable bonds is 1. The fraction of sp³-hybridized carbons (Fsp3) is 0.625. The Morgan fingerprint density at radius 2 is 1.75 bits per heavy atom. The summed E-state index contributed by atoms with van der Waals surface area (Å²) in [6.07, 6.45) is 10.3. The molecular formula is C16H18BrN3. The molecule has 104 valence electrons. The van der Waals surface area contributed by atoms with E-state index in [-0.39, 0.29) is 0 Å². The fourth-order valence-corrected chi connectivity index (χ4v) is 5.86. The third-order valence-electron chi connectivity index (χ3n) is 5.84. The number of nitrogens with one attached hydrogen (secondary N) is 1. The number of fused-ring (bicyclic) bond motifs is 1. The third-order valence-corrected chi connectivity index (χ3v) is 6.28. The predicted molar refractivity (Wildman–Crippen MR) is 81.4 cm³/mol. The molecule has 0 atom stereocenters. The quantitative estimate of drug-likeness (QED) is 0.851. The topological polar surface area (TPSA) is 41.6 Å². The number of nitrogens with zero attached hydrogens (tertiary/aromatic N) is 2. The zero-order valence-corrected chi connectivity index (χ0v) is 13.0. The van der Waals surface area contributed by atoms with E-state index in [2.05, 4.69) is 32.0 Å². The van der Waals surface area contributed by atoms with Gasteiger partial charge in [0.2, 0.25) is 0 Å². The molecule has 0 amide bonds. The number of H-pyrrole nitrogens is 1. The molecule has 0 unspecified atom stereocenters. The van der Waals surface area contributed by atoms with Crippen molar-refractivity contribution in [1.29, 1.82) is 0 Å². The van der Waals surface area contributed by atoms with E-state index in [0.717, 1.165) is 33.4 Å². The Balaban J connectivity index is 1.63. The van der Waals surface area contributed by atoms with Crippen LogP contribution in [0.4, 0.5) is 0 Å². The van der Waals surface area contributed by atoms with Gasteiger partial charge >= 0.3 is 0 Å². The molecule has 0 aromatic carbocycles. The zero-order valence-electron chi connectivity index (χ0n) is 11.4. The fourth-order valence-electron chi connectivity index (χ4n) is 5.53. The van der Waals surface area contributed by atoms with Crippen molar-refractivity contribution in [3.05, 3.63) is 22.6 Å². The summed E-state index contributed by atoms with van der Waals surface area (Å²) in [6, 6.07) is 2.10. The first kappa shape index (κ1) is 11.7. The molecular weight excluding hydrogens is 314 g/mol. The number of hydrogen-bond donors (Lipinski definition) is 1. The summed E-state index contributed by atoms with van der Waals surface area (Å²) in [4.78, 5) is 12.9. The lowest BCUT2D eigenvalue weighted by atomic mass is 9.49. The molecule has 6 rings (SSSR count). The van der Waals surface area contributed by atoms with Crippen LogP contribution in [0.5, 0.6) is 0 Å². The monoisotopic (exact) mass is 331 g/mol.